The lowest BCUT2D eigenvalue weighted by Gasteiger charge is -2.19. The Balaban J connectivity index is 3.57. The van der Waals surface area contributed by atoms with Gasteiger partial charge in [-0.1, -0.05) is 6.92 Å². The first-order valence-electron chi connectivity index (χ1n) is 4.12. The topological polar surface area (TPSA) is 45.1 Å². The summed E-state index contributed by atoms with van der Waals surface area (Å²) in [6.45, 7) is 6.69. The molecule has 0 aromatic rings. The molecule has 0 aliphatic rings. The average molecular weight is 158 g/mol. The van der Waals surface area contributed by atoms with Crippen LogP contribution in [0.1, 0.15) is 27.2 Å². The van der Waals surface area contributed by atoms with Crippen molar-refractivity contribution in [1.82, 2.24) is 5.32 Å². The summed E-state index contributed by atoms with van der Waals surface area (Å²) in [5.74, 6) is 0. The van der Waals surface area contributed by atoms with Gasteiger partial charge in [-0.2, -0.15) is 0 Å². The maximum absolute atomic E-state index is 6.97. The molecule has 0 rings (SSSR count). The zero-order chi connectivity index (χ0) is 8.69. The van der Waals surface area contributed by atoms with E-state index in [2.05, 4.69) is 12.2 Å². The molecule has 0 aromatic heterocycles. The molecule has 0 spiro atoms. The van der Waals surface area contributed by atoms with Crippen LogP contribution in [0, 0.1) is 5.41 Å². The zero-order valence-electron chi connectivity index (χ0n) is 7.55. The highest BCUT2D eigenvalue weighted by atomic mass is 16.5. The van der Waals surface area contributed by atoms with Crippen molar-refractivity contribution in [2.45, 2.75) is 39.5 Å². The molecule has 3 nitrogen and oxygen atoms in total. The maximum Gasteiger partial charge on any atom is 0.108 e. The lowest BCUT2D eigenvalue weighted by Crippen LogP contribution is -2.38. The van der Waals surface area contributed by atoms with Crippen LogP contribution in [0.5, 0.6) is 0 Å². The van der Waals surface area contributed by atoms with Crippen molar-refractivity contribution in [1.29, 1.82) is 5.41 Å². The number of rotatable bonds is 6. The summed E-state index contributed by atoms with van der Waals surface area (Å²) in [5, 5.41) is 10.1. The third-order valence-electron chi connectivity index (χ3n) is 1.44. The number of hydrogen-bond acceptors (Lipinski definition) is 3. The quantitative estimate of drug-likeness (QED) is 0.453. The van der Waals surface area contributed by atoms with Gasteiger partial charge in [0.15, 0.2) is 0 Å². The van der Waals surface area contributed by atoms with Crippen molar-refractivity contribution in [3.8, 4) is 0 Å². The standard InChI is InChI=1S/C8H18N2O/c1-4-8(11-5-2)10-7(3)6-9/h6-10H,4-5H2,1-3H3. The molecule has 0 saturated carbocycles. The highest BCUT2D eigenvalue weighted by molar-refractivity contribution is 5.59. The Labute approximate surface area is 68.6 Å². The fraction of sp³-hybridized carbons (Fsp3) is 0.875. The van der Waals surface area contributed by atoms with Gasteiger partial charge in [0, 0.05) is 18.9 Å². The number of ether oxygens (including phenoxy) is 1. The van der Waals surface area contributed by atoms with E-state index < -0.39 is 0 Å². The first kappa shape index (κ1) is 10.6. The molecule has 0 fully saturated rings. The summed E-state index contributed by atoms with van der Waals surface area (Å²) in [6.07, 6.45) is 2.41. The highest BCUT2D eigenvalue weighted by Crippen LogP contribution is 1.94. The average Bonchev–Trinajstić information content (AvgIpc) is 2.03. The van der Waals surface area contributed by atoms with Crippen LogP contribution in [0.25, 0.3) is 0 Å². The van der Waals surface area contributed by atoms with E-state index in [1.54, 1.807) is 0 Å². The smallest absolute Gasteiger partial charge is 0.108 e. The van der Waals surface area contributed by atoms with Gasteiger partial charge < -0.3 is 10.1 Å². The van der Waals surface area contributed by atoms with E-state index in [9.17, 15) is 0 Å². The summed E-state index contributed by atoms with van der Waals surface area (Å²) in [6, 6.07) is 0.103. The summed E-state index contributed by atoms with van der Waals surface area (Å²) < 4.78 is 5.35. The van der Waals surface area contributed by atoms with E-state index in [4.69, 9.17) is 10.1 Å². The van der Waals surface area contributed by atoms with Crippen molar-refractivity contribution in [3.63, 3.8) is 0 Å². The Morgan fingerprint density at radius 2 is 2.18 bits per heavy atom. The molecule has 2 N–H and O–H groups in total. The Kier molecular flexibility index (Phi) is 6.07. The lowest BCUT2D eigenvalue weighted by molar-refractivity contribution is 0.0336. The molecule has 0 aliphatic carbocycles. The molecule has 0 amide bonds. The van der Waals surface area contributed by atoms with Crippen molar-refractivity contribution in [2.75, 3.05) is 6.61 Å². The molecule has 0 bridgehead atoms. The van der Waals surface area contributed by atoms with Gasteiger partial charge in [-0.15, -0.1) is 0 Å². The predicted molar refractivity (Wildman–Crippen MR) is 47.1 cm³/mol. The Bertz CT molecular complexity index is 106. The third kappa shape index (κ3) is 4.93. The van der Waals surface area contributed by atoms with Gasteiger partial charge in [-0.25, -0.2) is 0 Å². The van der Waals surface area contributed by atoms with Gasteiger partial charge in [-0.05, 0) is 20.3 Å². The van der Waals surface area contributed by atoms with Crippen molar-refractivity contribution < 1.29 is 4.74 Å². The second kappa shape index (κ2) is 6.31. The molecule has 0 radical (unpaired) electrons. The highest BCUT2D eigenvalue weighted by Gasteiger charge is 2.06. The normalized spacial score (nSPS) is 15.9. The van der Waals surface area contributed by atoms with Gasteiger partial charge in [0.05, 0.1) is 0 Å². The molecular weight excluding hydrogens is 140 g/mol. The Morgan fingerprint density at radius 1 is 1.55 bits per heavy atom. The molecule has 2 atom stereocenters. The molecule has 3 heteroatoms. The van der Waals surface area contributed by atoms with Gasteiger partial charge in [-0.3, -0.25) is 5.32 Å². The van der Waals surface area contributed by atoms with Crippen molar-refractivity contribution in [3.05, 3.63) is 0 Å². The maximum atomic E-state index is 6.97. The van der Waals surface area contributed by atoms with Crippen LogP contribution in [-0.2, 0) is 4.74 Å². The summed E-state index contributed by atoms with van der Waals surface area (Å²) in [5.41, 5.74) is 0. The van der Waals surface area contributed by atoms with E-state index in [1.165, 1.54) is 6.21 Å². The number of hydrogen-bond donors (Lipinski definition) is 2. The predicted octanol–water partition coefficient (Wildman–Crippen LogP) is 1.39. The first-order chi connectivity index (χ1) is 5.24. The molecule has 0 aliphatic heterocycles. The third-order valence-corrected chi connectivity index (χ3v) is 1.44. The van der Waals surface area contributed by atoms with Crippen molar-refractivity contribution >= 4 is 6.21 Å². The van der Waals surface area contributed by atoms with E-state index in [-0.39, 0.29) is 12.3 Å². The first-order valence-corrected chi connectivity index (χ1v) is 4.12. The van der Waals surface area contributed by atoms with E-state index >= 15 is 0 Å². The van der Waals surface area contributed by atoms with E-state index in [1.807, 2.05) is 13.8 Å². The van der Waals surface area contributed by atoms with Crippen LogP contribution in [-0.4, -0.2) is 25.1 Å². The largest absolute Gasteiger partial charge is 0.364 e. The van der Waals surface area contributed by atoms with Gasteiger partial charge in [0.1, 0.15) is 6.23 Å². The SMILES string of the molecule is CCOC(CC)NC(C)C=N. The second-order valence-electron chi connectivity index (χ2n) is 2.47. The van der Waals surface area contributed by atoms with Crippen LogP contribution in [0.2, 0.25) is 0 Å². The lowest BCUT2D eigenvalue weighted by atomic mass is 10.3. The Morgan fingerprint density at radius 3 is 2.55 bits per heavy atom. The fourth-order valence-electron chi connectivity index (χ4n) is 0.826. The van der Waals surface area contributed by atoms with E-state index in [0.29, 0.717) is 0 Å². The molecular formula is C8H18N2O. The summed E-state index contributed by atoms with van der Waals surface area (Å²) in [7, 11) is 0. The second-order valence-corrected chi connectivity index (χ2v) is 2.47. The number of nitrogens with one attached hydrogen (secondary N) is 2. The Hall–Kier alpha value is -0.410. The molecule has 2 unspecified atom stereocenters. The minimum atomic E-state index is 0.0941. The zero-order valence-corrected chi connectivity index (χ0v) is 7.55. The molecule has 11 heavy (non-hydrogen) atoms. The van der Waals surface area contributed by atoms with Crippen LogP contribution in [0.4, 0.5) is 0 Å². The molecule has 0 aromatic carbocycles. The van der Waals surface area contributed by atoms with Crippen LogP contribution in [0.3, 0.4) is 0 Å². The fourth-order valence-corrected chi connectivity index (χ4v) is 0.826. The van der Waals surface area contributed by atoms with Gasteiger partial charge in [0.2, 0.25) is 0 Å². The molecule has 0 saturated heterocycles. The minimum Gasteiger partial charge on any atom is -0.364 e. The van der Waals surface area contributed by atoms with Crippen LogP contribution in [0.15, 0.2) is 0 Å². The minimum absolute atomic E-state index is 0.0941. The van der Waals surface area contributed by atoms with Crippen LogP contribution >= 0.6 is 0 Å². The van der Waals surface area contributed by atoms with Gasteiger partial charge >= 0.3 is 0 Å². The molecule has 66 valence electrons. The van der Waals surface area contributed by atoms with Crippen LogP contribution < -0.4 is 5.32 Å². The van der Waals surface area contributed by atoms with Gasteiger partial charge in [0.25, 0.3) is 0 Å². The monoisotopic (exact) mass is 158 g/mol. The molecule has 0 heterocycles. The van der Waals surface area contributed by atoms with E-state index in [0.717, 1.165) is 13.0 Å². The summed E-state index contributed by atoms with van der Waals surface area (Å²) >= 11 is 0. The summed E-state index contributed by atoms with van der Waals surface area (Å²) in [4.78, 5) is 0. The van der Waals surface area contributed by atoms with Crippen molar-refractivity contribution in [2.24, 2.45) is 0 Å².